The van der Waals surface area contributed by atoms with Crippen LogP contribution < -0.4 is 0 Å². The number of nitrogens with zero attached hydrogens (tertiary/aromatic N) is 4. The number of aromatic nitrogens is 4. The molecule has 0 atom stereocenters. The second kappa shape index (κ2) is 12.8. The largest absolute Gasteiger partial charge is 0.455 e. The lowest BCUT2D eigenvalue weighted by molar-refractivity contribution is 0.591. The van der Waals surface area contributed by atoms with Crippen LogP contribution in [0.25, 0.3) is 99.7 Å². The van der Waals surface area contributed by atoms with Crippen molar-refractivity contribution in [3.05, 3.63) is 169 Å². The SMILES string of the molecule is CC(C)(C)c1ccc2c(c1)c1ccc(-c3cccc4c3oc3c(-c5ccc6c7cc(C(C)(C)C)ccc7n(-c7ccccc7)c6n5)cccc34)nc1n2-c1ccccc1. The maximum absolute atomic E-state index is 7.01. The Balaban J connectivity index is 1.11. The molecular weight excluding hydrogens is 721 g/mol. The van der Waals surface area contributed by atoms with Gasteiger partial charge in [0.25, 0.3) is 0 Å². The average Bonchev–Trinajstić information content (AvgIpc) is 3.90. The van der Waals surface area contributed by atoms with Crippen LogP contribution in [0.5, 0.6) is 0 Å². The standard InChI is InChI=1S/C54H44N4O/c1-53(2,3)33-23-29-47-43(31-33)39-25-27-45(55-51(39)57(47)35-15-9-7-10-16-35)41-21-13-19-37-38-20-14-22-42(50(38)59-49(37)41)46-28-26-40-44-32-34(54(4,5)6)24-30-48(44)58(52(40)56-46)36-17-11-8-12-18-36/h7-32H,1-6H3. The van der Waals surface area contributed by atoms with E-state index in [0.29, 0.717) is 0 Å². The summed E-state index contributed by atoms with van der Waals surface area (Å²) in [4.78, 5) is 10.9. The highest BCUT2D eigenvalue weighted by Gasteiger charge is 2.23. The van der Waals surface area contributed by atoms with Gasteiger partial charge in [-0.1, -0.05) is 114 Å². The first-order valence-electron chi connectivity index (χ1n) is 20.5. The monoisotopic (exact) mass is 764 g/mol. The fourth-order valence-electron chi connectivity index (χ4n) is 8.91. The highest BCUT2D eigenvalue weighted by Crippen LogP contribution is 2.42. The van der Waals surface area contributed by atoms with E-state index in [2.05, 4.69) is 208 Å². The summed E-state index contributed by atoms with van der Waals surface area (Å²) < 4.78 is 11.6. The Morgan fingerprint density at radius 3 is 1.22 bits per heavy atom. The Labute approximate surface area is 343 Å². The zero-order valence-electron chi connectivity index (χ0n) is 34.2. The van der Waals surface area contributed by atoms with Gasteiger partial charge in [-0.15, -0.1) is 0 Å². The molecule has 0 saturated carbocycles. The molecule has 0 amide bonds. The second-order valence-corrected chi connectivity index (χ2v) is 17.9. The zero-order chi connectivity index (χ0) is 40.2. The molecule has 6 aromatic carbocycles. The normalized spacial score (nSPS) is 12.6. The molecule has 286 valence electrons. The molecule has 0 bridgehead atoms. The van der Waals surface area contributed by atoms with E-state index in [1.165, 1.54) is 21.9 Å². The van der Waals surface area contributed by atoms with Crippen molar-refractivity contribution in [1.29, 1.82) is 0 Å². The van der Waals surface area contributed by atoms with E-state index in [1.54, 1.807) is 0 Å². The topological polar surface area (TPSA) is 48.8 Å². The second-order valence-electron chi connectivity index (χ2n) is 17.9. The van der Waals surface area contributed by atoms with Crippen LogP contribution in [0.15, 0.2) is 162 Å². The first kappa shape index (κ1) is 35.2. The van der Waals surface area contributed by atoms with Gasteiger partial charge in [0.15, 0.2) is 0 Å². The van der Waals surface area contributed by atoms with Crippen LogP contribution in [0.3, 0.4) is 0 Å². The van der Waals surface area contributed by atoms with Gasteiger partial charge in [-0.25, -0.2) is 9.97 Å². The van der Waals surface area contributed by atoms with Gasteiger partial charge in [0.2, 0.25) is 0 Å². The molecule has 0 spiro atoms. The number of rotatable bonds is 4. The zero-order valence-corrected chi connectivity index (χ0v) is 34.2. The Morgan fingerprint density at radius 2 is 0.814 bits per heavy atom. The molecule has 5 aromatic heterocycles. The molecule has 0 unspecified atom stereocenters. The quantitative estimate of drug-likeness (QED) is 0.179. The van der Waals surface area contributed by atoms with E-state index in [0.717, 1.165) is 88.9 Å². The fraction of sp³-hybridized carbons (Fsp3) is 0.148. The summed E-state index contributed by atoms with van der Waals surface area (Å²) >= 11 is 0. The van der Waals surface area contributed by atoms with E-state index >= 15 is 0 Å². The summed E-state index contributed by atoms with van der Waals surface area (Å²) in [5, 5.41) is 6.76. The summed E-state index contributed by atoms with van der Waals surface area (Å²) in [5.74, 6) is 0. The lowest BCUT2D eigenvalue weighted by atomic mass is 9.86. The Morgan fingerprint density at radius 1 is 0.390 bits per heavy atom. The van der Waals surface area contributed by atoms with Gasteiger partial charge in [0.1, 0.15) is 22.5 Å². The van der Waals surface area contributed by atoms with Gasteiger partial charge in [0, 0.05) is 54.8 Å². The highest BCUT2D eigenvalue weighted by molar-refractivity contribution is 6.14. The molecule has 0 radical (unpaired) electrons. The van der Waals surface area contributed by atoms with E-state index in [4.69, 9.17) is 14.4 Å². The number of pyridine rings is 2. The lowest BCUT2D eigenvalue weighted by Gasteiger charge is -2.19. The van der Waals surface area contributed by atoms with Crippen LogP contribution in [0.4, 0.5) is 0 Å². The molecule has 0 aliphatic heterocycles. The summed E-state index contributed by atoms with van der Waals surface area (Å²) in [6.07, 6.45) is 0. The van der Waals surface area contributed by atoms with Crippen molar-refractivity contribution in [1.82, 2.24) is 19.1 Å². The van der Waals surface area contributed by atoms with E-state index in [-0.39, 0.29) is 10.8 Å². The van der Waals surface area contributed by atoms with E-state index in [9.17, 15) is 0 Å². The van der Waals surface area contributed by atoms with Crippen LogP contribution in [0, 0.1) is 0 Å². The maximum atomic E-state index is 7.01. The number of hydrogen-bond acceptors (Lipinski definition) is 3. The predicted octanol–water partition coefficient (Wildman–Crippen LogP) is 14.5. The highest BCUT2D eigenvalue weighted by atomic mass is 16.3. The molecule has 11 aromatic rings. The Hall–Kier alpha value is -6.98. The smallest absolute Gasteiger partial charge is 0.146 e. The van der Waals surface area contributed by atoms with E-state index < -0.39 is 0 Å². The first-order chi connectivity index (χ1) is 28.5. The number of benzene rings is 6. The summed E-state index contributed by atoms with van der Waals surface area (Å²) in [6.45, 7) is 13.6. The lowest BCUT2D eigenvalue weighted by Crippen LogP contribution is -2.10. The average molecular weight is 765 g/mol. The third kappa shape index (κ3) is 5.52. The van der Waals surface area contributed by atoms with Crippen molar-refractivity contribution in [3.8, 4) is 33.9 Å². The van der Waals surface area contributed by atoms with Gasteiger partial charge >= 0.3 is 0 Å². The van der Waals surface area contributed by atoms with Crippen LogP contribution in [0.1, 0.15) is 52.7 Å². The molecular formula is C54H44N4O. The van der Waals surface area contributed by atoms with Crippen molar-refractivity contribution in [2.24, 2.45) is 0 Å². The fourth-order valence-corrected chi connectivity index (χ4v) is 8.91. The number of furan rings is 1. The molecule has 0 aliphatic carbocycles. The third-order valence-electron chi connectivity index (χ3n) is 12.1. The molecule has 0 N–H and O–H groups in total. The van der Waals surface area contributed by atoms with Crippen molar-refractivity contribution in [2.45, 2.75) is 52.4 Å². The van der Waals surface area contributed by atoms with Crippen LogP contribution in [-0.2, 0) is 10.8 Å². The first-order valence-corrected chi connectivity index (χ1v) is 20.5. The van der Waals surface area contributed by atoms with E-state index in [1.807, 2.05) is 0 Å². The molecule has 0 fully saturated rings. The summed E-state index contributed by atoms with van der Waals surface area (Å²) in [6, 6.07) is 56.3. The Kier molecular flexibility index (Phi) is 7.61. The van der Waals surface area contributed by atoms with Crippen LogP contribution in [0.2, 0.25) is 0 Å². The minimum atomic E-state index is 0.0241. The maximum Gasteiger partial charge on any atom is 0.146 e. The van der Waals surface area contributed by atoms with Crippen LogP contribution in [-0.4, -0.2) is 19.1 Å². The molecule has 0 saturated heterocycles. The van der Waals surface area contributed by atoms with Gasteiger partial charge in [-0.05, 0) is 107 Å². The molecule has 11 rings (SSSR count). The molecule has 5 heterocycles. The van der Waals surface area contributed by atoms with Crippen molar-refractivity contribution >= 4 is 65.8 Å². The number of hydrogen-bond donors (Lipinski definition) is 0. The van der Waals surface area contributed by atoms with Crippen molar-refractivity contribution in [2.75, 3.05) is 0 Å². The number of para-hydroxylation sites is 4. The van der Waals surface area contributed by atoms with Gasteiger partial charge in [-0.3, -0.25) is 9.13 Å². The molecule has 5 nitrogen and oxygen atoms in total. The van der Waals surface area contributed by atoms with Crippen molar-refractivity contribution in [3.63, 3.8) is 0 Å². The Bertz CT molecular complexity index is 3210. The molecule has 5 heteroatoms. The van der Waals surface area contributed by atoms with Gasteiger partial charge < -0.3 is 4.42 Å². The minimum absolute atomic E-state index is 0.0241. The number of fused-ring (bicyclic) bond motifs is 9. The summed E-state index contributed by atoms with van der Waals surface area (Å²) in [5.41, 5.74) is 14.2. The van der Waals surface area contributed by atoms with Gasteiger partial charge in [0.05, 0.1) is 22.4 Å². The predicted molar refractivity (Wildman–Crippen MR) is 246 cm³/mol. The van der Waals surface area contributed by atoms with Crippen LogP contribution >= 0.6 is 0 Å². The van der Waals surface area contributed by atoms with Gasteiger partial charge in [-0.2, -0.15) is 0 Å². The minimum Gasteiger partial charge on any atom is -0.455 e. The summed E-state index contributed by atoms with van der Waals surface area (Å²) in [7, 11) is 0. The molecule has 0 aliphatic rings. The third-order valence-corrected chi connectivity index (χ3v) is 12.1. The molecule has 59 heavy (non-hydrogen) atoms. The van der Waals surface area contributed by atoms with Crippen molar-refractivity contribution < 1.29 is 4.42 Å².